The minimum absolute atomic E-state index is 0.0129. The third-order valence-electron chi connectivity index (χ3n) is 2.75. The highest BCUT2D eigenvalue weighted by Crippen LogP contribution is 2.32. The lowest BCUT2D eigenvalue weighted by atomic mass is 10.2. The number of rotatable bonds is 3. The molecule has 0 saturated carbocycles. The van der Waals surface area contributed by atoms with Crippen molar-refractivity contribution in [2.75, 3.05) is 0 Å². The summed E-state index contributed by atoms with van der Waals surface area (Å²) in [6.07, 6.45) is 0. The van der Waals surface area contributed by atoms with Crippen LogP contribution in [0.2, 0.25) is 0 Å². The van der Waals surface area contributed by atoms with E-state index >= 15 is 0 Å². The number of carboxylic acids is 1. The molecule has 0 spiro atoms. The van der Waals surface area contributed by atoms with Crippen LogP contribution in [-0.4, -0.2) is 26.0 Å². The molecule has 0 amide bonds. The average Bonchev–Trinajstić information content (AvgIpc) is 3.04. The number of benzene rings is 1. The van der Waals surface area contributed by atoms with Crippen molar-refractivity contribution >= 4 is 33.3 Å². The molecule has 20 heavy (non-hydrogen) atoms. The minimum atomic E-state index is -1.06. The van der Waals surface area contributed by atoms with E-state index in [1.807, 2.05) is 0 Å². The molecule has 3 rings (SSSR count). The number of nitrogens with one attached hydrogen (secondary N) is 1. The Hall–Kier alpha value is -2.74. The van der Waals surface area contributed by atoms with Crippen molar-refractivity contribution < 1.29 is 14.8 Å². The van der Waals surface area contributed by atoms with E-state index in [0.717, 1.165) is 11.3 Å². The van der Waals surface area contributed by atoms with E-state index in [-0.39, 0.29) is 10.6 Å². The number of aromatic nitrogens is 2. The molecule has 100 valence electrons. The molecule has 2 N–H and O–H groups in total. The number of para-hydroxylation sites is 1. The second-order valence-electron chi connectivity index (χ2n) is 3.99. The monoisotopic (exact) mass is 289 g/mol. The van der Waals surface area contributed by atoms with Crippen molar-refractivity contribution in [2.45, 2.75) is 0 Å². The highest BCUT2D eigenvalue weighted by atomic mass is 32.1. The molecule has 2 heterocycles. The van der Waals surface area contributed by atoms with Crippen LogP contribution in [0, 0.1) is 10.1 Å². The van der Waals surface area contributed by atoms with Gasteiger partial charge in [-0.3, -0.25) is 10.1 Å². The summed E-state index contributed by atoms with van der Waals surface area (Å²) in [5.41, 5.74) is 1.01. The van der Waals surface area contributed by atoms with Gasteiger partial charge in [0, 0.05) is 6.07 Å². The van der Waals surface area contributed by atoms with Crippen LogP contribution in [0.15, 0.2) is 30.3 Å². The average molecular weight is 289 g/mol. The van der Waals surface area contributed by atoms with Crippen molar-refractivity contribution in [1.82, 2.24) is 9.97 Å². The number of H-pyrrole nitrogens is 1. The van der Waals surface area contributed by atoms with Crippen molar-refractivity contribution in [3.8, 4) is 10.7 Å². The van der Waals surface area contributed by atoms with Crippen LogP contribution in [0.4, 0.5) is 5.00 Å². The van der Waals surface area contributed by atoms with E-state index in [4.69, 9.17) is 5.11 Å². The first-order chi connectivity index (χ1) is 9.56. The Bertz CT molecular complexity index is 836. The minimum Gasteiger partial charge on any atom is -0.478 e. The van der Waals surface area contributed by atoms with Gasteiger partial charge in [-0.1, -0.05) is 17.4 Å². The predicted octanol–water partition coefficient (Wildman–Crippen LogP) is 2.90. The van der Waals surface area contributed by atoms with Crippen LogP contribution >= 0.6 is 11.3 Å². The second-order valence-corrected chi connectivity index (χ2v) is 5.05. The van der Waals surface area contributed by atoms with Gasteiger partial charge in [-0.05, 0) is 18.2 Å². The lowest BCUT2D eigenvalue weighted by molar-refractivity contribution is -0.380. The maximum Gasteiger partial charge on any atom is 0.337 e. The number of carboxylic acid groups (broad SMARTS) is 1. The Labute approximate surface area is 115 Å². The maximum atomic E-state index is 11.1. The summed E-state index contributed by atoms with van der Waals surface area (Å²) in [4.78, 5) is 29.1. The molecule has 0 bridgehead atoms. The maximum absolute atomic E-state index is 11.1. The predicted molar refractivity (Wildman–Crippen MR) is 73.0 cm³/mol. The lowest BCUT2D eigenvalue weighted by Crippen LogP contribution is -1.96. The van der Waals surface area contributed by atoms with Crippen LogP contribution in [0.1, 0.15) is 10.4 Å². The molecule has 0 radical (unpaired) electrons. The van der Waals surface area contributed by atoms with Crippen LogP contribution in [-0.2, 0) is 0 Å². The molecular formula is C12H7N3O4S. The molecule has 1 aromatic carbocycles. The van der Waals surface area contributed by atoms with E-state index < -0.39 is 10.9 Å². The zero-order valence-electron chi connectivity index (χ0n) is 9.86. The van der Waals surface area contributed by atoms with Crippen LogP contribution in [0.3, 0.4) is 0 Å². The first-order valence-corrected chi connectivity index (χ1v) is 6.34. The van der Waals surface area contributed by atoms with Crippen molar-refractivity contribution in [3.05, 3.63) is 46.0 Å². The SMILES string of the molecule is O=C(O)c1cccc2[nH]c(-c3ccc([N+](=O)[O-])s3)nc12. The van der Waals surface area contributed by atoms with Crippen LogP contribution < -0.4 is 0 Å². The molecule has 0 atom stereocenters. The summed E-state index contributed by atoms with van der Waals surface area (Å²) in [5, 5.41) is 19.8. The Kier molecular flexibility index (Phi) is 2.72. The second kappa shape index (κ2) is 4.42. The van der Waals surface area contributed by atoms with Gasteiger partial charge in [0.05, 0.1) is 20.9 Å². The smallest absolute Gasteiger partial charge is 0.337 e. The van der Waals surface area contributed by atoms with Gasteiger partial charge in [0.25, 0.3) is 0 Å². The molecule has 0 fully saturated rings. The standard InChI is InChI=1S/C12H7N3O4S/c16-12(17)6-2-1-3-7-10(6)14-11(13-7)8-4-5-9(20-8)15(18)19/h1-5H,(H,13,14)(H,16,17). The number of hydrogen-bond donors (Lipinski definition) is 2. The lowest BCUT2D eigenvalue weighted by Gasteiger charge is -1.93. The number of imidazole rings is 1. The zero-order valence-corrected chi connectivity index (χ0v) is 10.7. The van der Waals surface area contributed by atoms with Crippen molar-refractivity contribution in [2.24, 2.45) is 0 Å². The number of hydrogen-bond acceptors (Lipinski definition) is 5. The third kappa shape index (κ3) is 1.91. The van der Waals surface area contributed by atoms with E-state index in [1.54, 1.807) is 18.2 Å². The largest absolute Gasteiger partial charge is 0.478 e. The summed E-state index contributed by atoms with van der Waals surface area (Å²) < 4.78 is 0. The third-order valence-corrected chi connectivity index (χ3v) is 3.79. The number of nitrogens with zero attached hydrogens (tertiary/aromatic N) is 2. The molecule has 0 aliphatic carbocycles. The molecule has 2 aromatic heterocycles. The van der Waals surface area contributed by atoms with E-state index in [2.05, 4.69) is 9.97 Å². The summed E-state index contributed by atoms with van der Waals surface area (Å²) in [7, 11) is 0. The number of thiophene rings is 1. The van der Waals surface area contributed by atoms with Gasteiger partial charge in [-0.2, -0.15) is 0 Å². The normalized spacial score (nSPS) is 10.8. The summed E-state index contributed by atoms with van der Waals surface area (Å²) in [5.74, 6) is -0.641. The molecule has 0 saturated heterocycles. The van der Waals surface area contributed by atoms with Gasteiger partial charge in [-0.15, -0.1) is 0 Å². The molecule has 7 nitrogen and oxygen atoms in total. The number of carbonyl (C=O) groups is 1. The van der Waals surface area contributed by atoms with Gasteiger partial charge in [0.2, 0.25) is 0 Å². The van der Waals surface area contributed by atoms with Crippen molar-refractivity contribution in [3.63, 3.8) is 0 Å². The quantitative estimate of drug-likeness (QED) is 0.569. The summed E-state index contributed by atoms with van der Waals surface area (Å²) in [6.45, 7) is 0. The van der Waals surface area contributed by atoms with Crippen LogP contribution in [0.5, 0.6) is 0 Å². The topological polar surface area (TPSA) is 109 Å². The number of nitro groups is 1. The first kappa shape index (κ1) is 12.3. The fourth-order valence-corrected chi connectivity index (χ4v) is 2.64. The Balaban J connectivity index is 2.15. The van der Waals surface area contributed by atoms with Gasteiger partial charge in [0.15, 0.2) is 0 Å². The van der Waals surface area contributed by atoms with Gasteiger partial charge < -0.3 is 10.1 Å². The molecule has 3 aromatic rings. The zero-order chi connectivity index (χ0) is 14.3. The van der Waals surface area contributed by atoms with Crippen LogP contribution in [0.25, 0.3) is 21.7 Å². The first-order valence-electron chi connectivity index (χ1n) is 5.53. The summed E-state index contributed by atoms with van der Waals surface area (Å²) >= 11 is 0.983. The van der Waals surface area contributed by atoms with E-state index in [0.29, 0.717) is 21.7 Å². The Morgan fingerprint density at radius 1 is 1.35 bits per heavy atom. The molecular weight excluding hydrogens is 282 g/mol. The molecule has 0 aliphatic heterocycles. The van der Waals surface area contributed by atoms with E-state index in [9.17, 15) is 14.9 Å². The van der Waals surface area contributed by atoms with Crippen molar-refractivity contribution in [1.29, 1.82) is 0 Å². The number of fused-ring (bicyclic) bond motifs is 1. The molecule has 0 aliphatic rings. The van der Waals surface area contributed by atoms with Gasteiger partial charge in [-0.25, -0.2) is 9.78 Å². The Morgan fingerprint density at radius 2 is 2.15 bits per heavy atom. The highest BCUT2D eigenvalue weighted by molar-refractivity contribution is 7.18. The fraction of sp³-hybridized carbons (Fsp3) is 0. The molecule has 0 unspecified atom stereocenters. The molecule has 8 heteroatoms. The fourth-order valence-electron chi connectivity index (χ4n) is 1.87. The highest BCUT2D eigenvalue weighted by Gasteiger charge is 2.16. The van der Waals surface area contributed by atoms with E-state index in [1.165, 1.54) is 12.1 Å². The number of aromatic amines is 1. The number of aromatic carboxylic acids is 1. The Morgan fingerprint density at radius 3 is 2.80 bits per heavy atom. The van der Waals surface area contributed by atoms with Gasteiger partial charge in [0.1, 0.15) is 11.3 Å². The van der Waals surface area contributed by atoms with Gasteiger partial charge >= 0.3 is 11.0 Å². The summed E-state index contributed by atoms with van der Waals surface area (Å²) in [6, 6.07) is 7.77.